The zero-order chi connectivity index (χ0) is 23.2. The highest BCUT2D eigenvalue weighted by molar-refractivity contribution is 6.74. The smallest absolute Gasteiger partial charge is 0.302 e. The molecule has 1 aromatic carbocycles. The molecule has 0 saturated carbocycles. The Balaban J connectivity index is 2.39. The van der Waals surface area contributed by atoms with Gasteiger partial charge >= 0.3 is 5.97 Å². The van der Waals surface area contributed by atoms with E-state index in [1.807, 2.05) is 43.4 Å². The number of halogens is 1. The average molecular weight is 454 g/mol. The molecule has 0 spiro atoms. The van der Waals surface area contributed by atoms with Crippen LogP contribution in [-0.2, 0) is 30.0 Å². The number of benzene rings is 1. The molecule has 5 atom stereocenters. The molecule has 1 fully saturated rings. The fourth-order valence-corrected chi connectivity index (χ4v) is 4.33. The number of hydrogen-bond donors (Lipinski definition) is 0. The van der Waals surface area contributed by atoms with Gasteiger partial charge in [0.2, 0.25) is 6.36 Å². The summed E-state index contributed by atoms with van der Waals surface area (Å²) in [6.07, 6.45) is -4.53. The molecule has 10 heteroatoms. The summed E-state index contributed by atoms with van der Waals surface area (Å²) in [5, 5.41) is 3.46. The van der Waals surface area contributed by atoms with E-state index in [2.05, 4.69) is 30.8 Å². The number of azide groups is 1. The van der Waals surface area contributed by atoms with Gasteiger partial charge in [-0.2, -0.15) is 0 Å². The summed E-state index contributed by atoms with van der Waals surface area (Å²) in [5.41, 5.74) is 9.89. The van der Waals surface area contributed by atoms with Gasteiger partial charge in [-0.3, -0.25) is 4.79 Å². The van der Waals surface area contributed by atoms with Crippen molar-refractivity contribution in [3.05, 3.63) is 46.3 Å². The van der Waals surface area contributed by atoms with Crippen molar-refractivity contribution in [1.82, 2.24) is 0 Å². The number of carbonyl (C=O) groups is 1. The SMILES string of the molecule is CC(=O)OC[C@H]1O[C@H](F)[C@H](N=[N+]=[N-])[C@@H](OCc2ccccc2)[C@@H]1O[Si](C)(C)C(C)(C)C. The number of hydrogen-bond acceptors (Lipinski definition) is 6. The fraction of sp³-hybridized carbons (Fsp3) is 0.667. The van der Waals surface area contributed by atoms with E-state index >= 15 is 0 Å². The molecule has 1 aliphatic rings. The molecule has 0 bridgehead atoms. The van der Waals surface area contributed by atoms with E-state index in [1.165, 1.54) is 6.92 Å². The first-order chi connectivity index (χ1) is 14.5. The zero-order valence-corrected chi connectivity index (χ0v) is 19.9. The minimum atomic E-state index is -2.37. The number of alkyl halides is 1. The molecular formula is C21H32FN3O5Si. The third-order valence-electron chi connectivity index (χ3n) is 5.76. The van der Waals surface area contributed by atoms with Crippen LogP contribution in [0, 0.1) is 0 Å². The van der Waals surface area contributed by atoms with Crippen molar-refractivity contribution in [3.8, 4) is 0 Å². The Morgan fingerprint density at radius 2 is 1.90 bits per heavy atom. The highest BCUT2D eigenvalue weighted by Crippen LogP contribution is 2.40. The van der Waals surface area contributed by atoms with E-state index < -0.39 is 45.0 Å². The Morgan fingerprint density at radius 3 is 2.45 bits per heavy atom. The van der Waals surface area contributed by atoms with Crippen LogP contribution in [0.2, 0.25) is 18.1 Å². The van der Waals surface area contributed by atoms with Crippen molar-refractivity contribution in [2.75, 3.05) is 6.61 Å². The molecule has 8 nitrogen and oxygen atoms in total. The third-order valence-corrected chi connectivity index (χ3v) is 10.2. The van der Waals surface area contributed by atoms with Crippen molar-refractivity contribution in [1.29, 1.82) is 0 Å². The molecule has 0 aliphatic carbocycles. The van der Waals surface area contributed by atoms with Gasteiger partial charge < -0.3 is 18.6 Å². The number of esters is 1. The van der Waals surface area contributed by atoms with Crippen LogP contribution < -0.4 is 0 Å². The van der Waals surface area contributed by atoms with Crippen molar-refractivity contribution in [2.24, 2.45) is 5.11 Å². The van der Waals surface area contributed by atoms with Gasteiger partial charge in [0, 0.05) is 11.8 Å². The molecule has 31 heavy (non-hydrogen) atoms. The van der Waals surface area contributed by atoms with Crippen LogP contribution in [0.1, 0.15) is 33.3 Å². The van der Waals surface area contributed by atoms with Gasteiger partial charge in [-0.25, -0.2) is 4.39 Å². The normalized spacial score (nSPS) is 26.7. The highest BCUT2D eigenvalue weighted by Gasteiger charge is 2.51. The molecule has 1 heterocycles. The molecule has 0 aromatic heterocycles. The molecule has 1 saturated heterocycles. The van der Waals surface area contributed by atoms with Crippen LogP contribution >= 0.6 is 0 Å². The first kappa shape index (κ1) is 25.3. The molecule has 1 aromatic rings. The first-order valence-corrected chi connectivity index (χ1v) is 13.2. The Labute approximate surface area is 183 Å². The van der Waals surface area contributed by atoms with Crippen LogP contribution in [0.4, 0.5) is 4.39 Å². The molecule has 0 radical (unpaired) electrons. The summed E-state index contributed by atoms with van der Waals surface area (Å²) in [7, 11) is -2.37. The summed E-state index contributed by atoms with van der Waals surface area (Å²) >= 11 is 0. The van der Waals surface area contributed by atoms with Crippen LogP contribution in [0.5, 0.6) is 0 Å². The second-order valence-corrected chi connectivity index (χ2v) is 13.9. The summed E-state index contributed by atoms with van der Waals surface area (Å²) in [5.74, 6) is -0.510. The van der Waals surface area contributed by atoms with Gasteiger partial charge in [0.15, 0.2) is 8.32 Å². The van der Waals surface area contributed by atoms with Crippen LogP contribution in [0.15, 0.2) is 35.4 Å². The minimum absolute atomic E-state index is 0.149. The highest BCUT2D eigenvalue weighted by atomic mass is 28.4. The van der Waals surface area contributed by atoms with E-state index in [4.69, 9.17) is 24.2 Å². The lowest BCUT2D eigenvalue weighted by Gasteiger charge is -2.47. The molecular weight excluding hydrogens is 421 g/mol. The molecule has 2 rings (SSSR count). The monoisotopic (exact) mass is 453 g/mol. The second kappa shape index (κ2) is 10.6. The topological polar surface area (TPSA) is 103 Å². The van der Waals surface area contributed by atoms with Crippen LogP contribution in [-0.4, -0.2) is 51.6 Å². The Morgan fingerprint density at radius 1 is 1.26 bits per heavy atom. The molecule has 0 unspecified atom stereocenters. The summed E-state index contributed by atoms with van der Waals surface area (Å²) in [4.78, 5) is 14.2. The maximum Gasteiger partial charge on any atom is 0.302 e. The predicted molar refractivity (Wildman–Crippen MR) is 116 cm³/mol. The fourth-order valence-electron chi connectivity index (χ4n) is 3.01. The van der Waals surface area contributed by atoms with Crippen molar-refractivity contribution in [2.45, 2.75) is 83.1 Å². The standard InChI is InChI=1S/C21H32FN3O5Si/c1-14(26)27-13-16-18(30-31(5,6)21(2,3)4)19(17(24-25-23)20(22)29-16)28-12-15-10-8-7-9-11-15/h7-11,16-20H,12-13H2,1-6H3/t16-,17-,18-,19-,20+/m1/s1. The number of carbonyl (C=O) groups excluding carboxylic acids is 1. The number of nitrogens with zero attached hydrogens (tertiary/aromatic N) is 3. The van der Waals surface area contributed by atoms with Gasteiger partial charge in [-0.05, 0) is 29.2 Å². The van der Waals surface area contributed by atoms with Gasteiger partial charge in [0.1, 0.15) is 24.9 Å². The number of rotatable bonds is 8. The lowest BCUT2D eigenvalue weighted by molar-refractivity contribution is -0.234. The lowest BCUT2D eigenvalue weighted by atomic mass is 9.97. The largest absolute Gasteiger partial charge is 0.463 e. The molecule has 0 amide bonds. The molecule has 0 N–H and O–H groups in total. The van der Waals surface area contributed by atoms with E-state index in [0.29, 0.717) is 0 Å². The maximum atomic E-state index is 14.9. The first-order valence-electron chi connectivity index (χ1n) is 10.3. The van der Waals surface area contributed by atoms with E-state index in [1.54, 1.807) is 0 Å². The third kappa shape index (κ3) is 6.75. The lowest BCUT2D eigenvalue weighted by Crippen LogP contribution is -2.62. The Bertz CT molecular complexity index is 783. The van der Waals surface area contributed by atoms with Gasteiger partial charge in [0.25, 0.3) is 0 Å². The Hall–Kier alpha value is -1.97. The van der Waals surface area contributed by atoms with Crippen molar-refractivity contribution in [3.63, 3.8) is 0 Å². The van der Waals surface area contributed by atoms with Crippen molar-refractivity contribution >= 4 is 14.3 Å². The minimum Gasteiger partial charge on any atom is -0.463 e. The summed E-state index contributed by atoms with van der Waals surface area (Å²) < 4.78 is 38.1. The quantitative estimate of drug-likeness (QED) is 0.183. The van der Waals surface area contributed by atoms with Gasteiger partial charge in [-0.15, -0.1) is 0 Å². The maximum absolute atomic E-state index is 14.9. The molecule has 172 valence electrons. The zero-order valence-electron chi connectivity index (χ0n) is 18.9. The predicted octanol–water partition coefficient (Wildman–Crippen LogP) is 4.90. The number of ether oxygens (including phenoxy) is 3. The van der Waals surface area contributed by atoms with Gasteiger partial charge in [0.05, 0.1) is 12.7 Å². The van der Waals surface area contributed by atoms with E-state index in [9.17, 15) is 9.18 Å². The summed E-state index contributed by atoms with van der Waals surface area (Å²) in [6, 6.07) is 8.16. The summed E-state index contributed by atoms with van der Waals surface area (Å²) in [6.45, 7) is 11.6. The second-order valence-electron chi connectivity index (χ2n) is 9.13. The van der Waals surface area contributed by atoms with E-state index in [-0.39, 0.29) is 18.3 Å². The molecule has 1 aliphatic heterocycles. The Kier molecular flexibility index (Phi) is 8.62. The van der Waals surface area contributed by atoms with Crippen molar-refractivity contribution < 1.29 is 27.8 Å². The van der Waals surface area contributed by atoms with Crippen LogP contribution in [0.25, 0.3) is 10.4 Å². The van der Waals surface area contributed by atoms with E-state index in [0.717, 1.165) is 5.56 Å². The van der Waals surface area contributed by atoms with Gasteiger partial charge in [-0.1, -0.05) is 56.2 Å². The average Bonchev–Trinajstić information content (AvgIpc) is 2.68. The van der Waals surface area contributed by atoms with Crippen LogP contribution in [0.3, 0.4) is 0 Å².